The minimum atomic E-state index is 0.161. The number of aromatic nitrogens is 4. The van der Waals surface area contributed by atoms with Crippen LogP contribution in [0.25, 0.3) is 0 Å². The lowest BCUT2D eigenvalue weighted by Crippen LogP contribution is -2.25. The third-order valence-corrected chi connectivity index (χ3v) is 3.28. The largest absolute Gasteiger partial charge is 0.444 e. The Morgan fingerprint density at radius 2 is 1.81 bits per heavy atom. The van der Waals surface area contributed by atoms with Crippen LogP contribution in [0.15, 0.2) is 4.42 Å². The first-order chi connectivity index (χ1) is 10.0. The van der Waals surface area contributed by atoms with Gasteiger partial charge in [-0.3, -0.25) is 0 Å². The highest BCUT2D eigenvalue weighted by molar-refractivity contribution is 6.28. The van der Waals surface area contributed by atoms with Crippen molar-refractivity contribution >= 4 is 23.5 Å². The molecular weight excluding hydrogens is 292 g/mol. The van der Waals surface area contributed by atoms with Crippen LogP contribution in [0.3, 0.4) is 0 Å². The van der Waals surface area contributed by atoms with Crippen LogP contribution < -0.4 is 10.2 Å². The third-order valence-electron chi connectivity index (χ3n) is 3.11. The van der Waals surface area contributed by atoms with Crippen molar-refractivity contribution in [2.24, 2.45) is 0 Å². The van der Waals surface area contributed by atoms with E-state index in [1.165, 1.54) is 0 Å². The van der Waals surface area contributed by atoms with Gasteiger partial charge in [-0.2, -0.15) is 15.0 Å². The fraction of sp³-hybridized carbons (Fsp3) is 0.538. The summed E-state index contributed by atoms with van der Waals surface area (Å²) in [6.45, 7) is 9.85. The number of halogens is 1. The maximum atomic E-state index is 5.95. The Labute approximate surface area is 128 Å². The molecule has 0 saturated heterocycles. The molecule has 0 aliphatic heterocycles. The monoisotopic (exact) mass is 310 g/mol. The van der Waals surface area contributed by atoms with E-state index in [1.54, 1.807) is 0 Å². The number of nitrogens with zero attached hydrogens (tertiary/aromatic N) is 5. The number of hydrogen-bond acceptors (Lipinski definition) is 7. The molecule has 0 aromatic carbocycles. The summed E-state index contributed by atoms with van der Waals surface area (Å²) in [4.78, 5) is 18.9. The summed E-state index contributed by atoms with van der Waals surface area (Å²) in [5.41, 5.74) is 0.879. The van der Waals surface area contributed by atoms with Gasteiger partial charge in [0.1, 0.15) is 5.76 Å². The van der Waals surface area contributed by atoms with Crippen molar-refractivity contribution in [2.75, 3.05) is 23.3 Å². The fourth-order valence-electron chi connectivity index (χ4n) is 1.84. The average Bonchev–Trinajstić information content (AvgIpc) is 2.76. The minimum absolute atomic E-state index is 0.161. The van der Waals surface area contributed by atoms with Crippen molar-refractivity contribution in [2.45, 2.75) is 34.2 Å². The predicted octanol–water partition coefficient (Wildman–Crippen LogP) is 2.59. The van der Waals surface area contributed by atoms with Crippen LogP contribution in [0.1, 0.15) is 31.2 Å². The Morgan fingerprint density at radius 1 is 1.10 bits per heavy atom. The highest BCUT2D eigenvalue weighted by Gasteiger charge is 2.11. The number of anilines is 2. The van der Waals surface area contributed by atoms with Crippen LogP contribution in [-0.2, 0) is 6.54 Å². The second-order valence-corrected chi connectivity index (χ2v) is 4.84. The maximum absolute atomic E-state index is 5.95. The molecule has 2 aromatic heterocycles. The summed E-state index contributed by atoms with van der Waals surface area (Å²) in [6.07, 6.45) is 0. The van der Waals surface area contributed by atoms with Gasteiger partial charge in [0.15, 0.2) is 0 Å². The molecule has 21 heavy (non-hydrogen) atoms. The van der Waals surface area contributed by atoms with Crippen molar-refractivity contribution in [3.05, 3.63) is 22.6 Å². The van der Waals surface area contributed by atoms with Gasteiger partial charge >= 0.3 is 0 Å². The quantitative estimate of drug-likeness (QED) is 0.878. The fourth-order valence-corrected chi connectivity index (χ4v) is 1.99. The van der Waals surface area contributed by atoms with Crippen molar-refractivity contribution < 1.29 is 4.42 Å². The van der Waals surface area contributed by atoms with E-state index in [-0.39, 0.29) is 5.28 Å². The van der Waals surface area contributed by atoms with E-state index in [9.17, 15) is 0 Å². The van der Waals surface area contributed by atoms with Crippen LogP contribution >= 0.6 is 11.6 Å². The Balaban J connectivity index is 2.12. The Morgan fingerprint density at radius 3 is 2.38 bits per heavy atom. The third kappa shape index (κ3) is 3.81. The standard InChI is InChI=1S/C13H19ClN6O/c1-5-20(6-2)13-18-11(14)17-12(19-13)15-7-10-16-8(3)9(4)21-10/h5-7H2,1-4H3,(H,15,17,18,19). The lowest BCUT2D eigenvalue weighted by Gasteiger charge is -2.18. The highest BCUT2D eigenvalue weighted by Crippen LogP contribution is 2.15. The zero-order valence-electron chi connectivity index (χ0n) is 12.6. The molecule has 0 bridgehead atoms. The summed E-state index contributed by atoms with van der Waals surface area (Å²) in [5, 5.41) is 3.22. The molecule has 0 unspecified atom stereocenters. The Bertz CT molecular complexity index is 591. The molecule has 0 saturated carbocycles. The highest BCUT2D eigenvalue weighted by atomic mass is 35.5. The molecule has 8 heteroatoms. The van der Waals surface area contributed by atoms with Crippen molar-refractivity contribution in [1.82, 2.24) is 19.9 Å². The van der Waals surface area contributed by atoms with E-state index < -0.39 is 0 Å². The molecule has 2 rings (SSSR count). The van der Waals surface area contributed by atoms with E-state index in [2.05, 4.69) is 25.3 Å². The second-order valence-electron chi connectivity index (χ2n) is 4.50. The van der Waals surface area contributed by atoms with Gasteiger partial charge in [0.05, 0.1) is 12.2 Å². The summed E-state index contributed by atoms with van der Waals surface area (Å²) in [7, 11) is 0. The molecule has 2 aromatic rings. The van der Waals surface area contributed by atoms with Gasteiger partial charge in [-0.25, -0.2) is 4.98 Å². The number of rotatable bonds is 6. The molecule has 2 heterocycles. The first-order valence-corrected chi connectivity index (χ1v) is 7.24. The topological polar surface area (TPSA) is 80.0 Å². The van der Waals surface area contributed by atoms with E-state index in [0.717, 1.165) is 24.5 Å². The molecule has 7 nitrogen and oxygen atoms in total. The molecular formula is C13H19ClN6O. The van der Waals surface area contributed by atoms with E-state index in [0.29, 0.717) is 24.3 Å². The first kappa shape index (κ1) is 15.5. The van der Waals surface area contributed by atoms with Gasteiger partial charge < -0.3 is 14.6 Å². The predicted molar refractivity (Wildman–Crippen MR) is 81.7 cm³/mol. The van der Waals surface area contributed by atoms with Crippen LogP contribution in [0.2, 0.25) is 5.28 Å². The maximum Gasteiger partial charge on any atom is 0.231 e. The van der Waals surface area contributed by atoms with Gasteiger partial charge in [0, 0.05) is 13.1 Å². The van der Waals surface area contributed by atoms with Gasteiger partial charge in [-0.15, -0.1) is 0 Å². The molecule has 114 valence electrons. The van der Waals surface area contributed by atoms with E-state index >= 15 is 0 Å². The van der Waals surface area contributed by atoms with Gasteiger partial charge in [-0.05, 0) is 39.3 Å². The molecule has 0 aliphatic carbocycles. The zero-order chi connectivity index (χ0) is 15.4. The lowest BCUT2D eigenvalue weighted by atomic mass is 10.4. The average molecular weight is 311 g/mol. The number of aryl methyl sites for hydroxylation is 2. The molecule has 0 atom stereocenters. The number of oxazole rings is 1. The molecule has 0 aliphatic rings. The zero-order valence-corrected chi connectivity index (χ0v) is 13.4. The molecule has 0 radical (unpaired) electrons. The van der Waals surface area contributed by atoms with Crippen LogP contribution in [0.5, 0.6) is 0 Å². The summed E-state index contributed by atoms with van der Waals surface area (Å²) < 4.78 is 5.50. The van der Waals surface area contributed by atoms with Crippen molar-refractivity contribution in [3.8, 4) is 0 Å². The Kier molecular flexibility index (Phi) is 4.95. The minimum Gasteiger partial charge on any atom is -0.444 e. The normalized spacial score (nSPS) is 10.7. The lowest BCUT2D eigenvalue weighted by molar-refractivity contribution is 0.477. The van der Waals surface area contributed by atoms with Gasteiger partial charge in [0.2, 0.25) is 23.1 Å². The van der Waals surface area contributed by atoms with Crippen molar-refractivity contribution in [3.63, 3.8) is 0 Å². The first-order valence-electron chi connectivity index (χ1n) is 6.86. The molecule has 1 N–H and O–H groups in total. The molecule has 0 amide bonds. The van der Waals surface area contributed by atoms with Crippen LogP contribution in [-0.4, -0.2) is 33.0 Å². The molecule has 0 spiro atoms. The SMILES string of the molecule is CCN(CC)c1nc(Cl)nc(NCc2nc(C)c(C)o2)n1. The number of hydrogen-bond donors (Lipinski definition) is 1. The second kappa shape index (κ2) is 6.71. The summed E-state index contributed by atoms with van der Waals surface area (Å²) in [5.74, 6) is 2.36. The summed E-state index contributed by atoms with van der Waals surface area (Å²) in [6, 6.07) is 0. The van der Waals surface area contributed by atoms with Crippen molar-refractivity contribution in [1.29, 1.82) is 0 Å². The van der Waals surface area contributed by atoms with E-state index in [4.69, 9.17) is 16.0 Å². The smallest absolute Gasteiger partial charge is 0.231 e. The van der Waals surface area contributed by atoms with Gasteiger partial charge in [-0.1, -0.05) is 0 Å². The van der Waals surface area contributed by atoms with Gasteiger partial charge in [0.25, 0.3) is 0 Å². The molecule has 0 fully saturated rings. The van der Waals surface area contributed by atoms with E-state index in [1.807, 2.05) is 32.6 Å². The number of nitrogens with one attached hydrogen (secondary N) is 1. The Hall–Kier alpha value is -1.89. The van der Waals surface area contributed by atoms with Crippen LogP contribution in [0.4, 0.5) is 11.9 Å². The van der Waals surface area contributed by atoms with Crippen LogP contribution in [0, 0.1) is 13.8 Å². The summed E-state index contributed by atoms with van der Waals surface area (Å²) >= 11 is 5.95.